The molecule has 0 atom stereocenters. The summed E-state index contributed by atoms with van der Waals surface area (Å²) in [7, 11) is 0. The highest BCUT2D eigenvalue weighted by Gasteiger charge is 2.13. The van der Waals surface area contributed by atoms with Crippen molar-refractivity contribution in [3.8, 4) is 16.3 Å². The van der Waals surface area contributed by atoms with Gasteiger partial charge in [-0.05, 0) is 59.3 Å². The zero-order chi connectivity index (χ0) is 19.5. The van der Waals surface area contributed by atoms with Gasteiger partial charge in [-0.2, -0.15) is 5.10 Å². The fraction of sp³-hybridized carbons (Fsp3) is 0.0435. The normalized spacial score (nSPS) is 11.2. The number of nitrogens with zero attached hydrogens (tertiary/aromatic N) is 2. The third-order valence-corrected chi connectivity index (χ3v) is 5.95. The van der Waals surface area contributed by atoms with Crippen LogP contribution < -0.4 is 0 Å². The van der Waals surface area contributed by atoms with E-state index < -0.39 is 0 Å². The van der Waals surface area contributed by atoms with Gasteiger partial charge in [0, 0.05) is 17.3 Å². The van der Waals surface area contributed by atoms with E-state index in [9.17, 15) is 4.79 Å². The van der Waals surface area contributed by atoms with Crippen LogP contribution in [0.4, 0.5) is 0 Å². The van der Waals surface area contributed by atoms with Gasteiger partial charge in [-0.1, -0.05) is 48.0 Å². The summed E-state index contributed by atoms with van der Waals surface area (Å²) in [6.45, 7) is 2.01. The maximum absolute atomic E-state index is 12.5. The van der Waals surface area contributed by atoms with Crippen molar-refractivity contribution < 1.29 is 4.79 Å². The van der Waals surface area contributed by atoms with E-state index in [1.54, 1.807) is 17.4 Å². The lowest BCUT2D eigenvalue weighted by Crippen LogP contribution is -1.93. The molecule has 0 amide bonds. The highest BCUT2D eigenvalue weighted by molar-refractivity contribution is 9.11. The van der Waals surface area contributed by atoms with Crippen molar-refractivity contribution in [3.05, 3.63) is 99.5 Å². The quantitative estimate of drug-likeness (QED) is 0.255. The van der Waals surface area contributed by atoms with Gasteiger partial charge in [0.05, 0.1) is 14.4 Å². The Morgan fingerprint density at radius 3 is 2.46 bits per heavy atom. The van der Waals surface area contributed by atoms with Crippen LogP contribution in [0, 0.1) is 6.92 Å². The van der Waals surface area contributed by atoms with Crippen molar-refractivity contribution in [2.45, 2.75) is 6.92 Å². The van der Waals surface area contributed by atoms with E-state index in [2.05, 4.69) is 15.9 Å². The lowest BCUT2D eigenvalue weighted by molar-refractivity contribution is 0.104. The highest BCUT2D eigenvalue weighted by atomic mass is 79.9. The lowest BCUT2D eigenvalue weighted by atomic mass is 10.1. The molecule has 0 N–H and O–H groups in total. The van der Waals surface area contributed by atoms with Crippen LogP contribution in [0.15, 0.2) is 82.8 Å². The highest BCUT2D eigenvalue weighted by Crippen LogP contribution is 2.33. The summed E-state index contributed by atoms with van der Waals surface area (Å²) in [5.41, 5.74) is 4.54. The van der Waals surface area contributed by atoms with Crippen LogP contribution in [-0.2, 0) is 0 Å². The van der Waals surface area contributed by atoms with Gasteiger partial charge in [-0.3, -0.25) is 4.79 Å². The molecule has 5 heteroatoms. The molecule has 0 unspecified atom stereocenters. The van der Waals surface area contributed by atoms with Gasteiger partial charge >= 0.3 is 0 Å². The van der Waals surface area contributed by atoms with Gasteiger partial charge in [0.25, 0.3) is 0 Å². The fourth-order valence-corrected chi connectivity index (χ4v) is 4.23. The molecule has 0 aliphatic rings. The van der Waals surface area contributed by atoms with Crippen LogP contribution in [0.2, 0.25) is 0 Å². The maximum Gasteiger partial charge on any atom is 0.185 e. The Labute approximate surface area is 176 Å². The predicted octanol–water partition coefficient (Wildman–Crippen LogP) is 6.57. The minimum atomic E-state index is -0.0224. The van der Waals surface area contributed by atoms with Gasteiger partial charge in [0.2, 0.25) is 0 Å². The van der Waals surface area contributed by atoms with Crippen molar-refractivity contribution in [1.82, 2.24) is 9.78 Å². The molecule has 28 heavy (non-hydrogen) atoms. The molecule has 0 aliphatic heterocycles. The predicted molar refractivity (Wildman–Crippen MR) is 119 cm³/mol. The van der Waals surface area contributed by atoms with Crippen molar-refractivity contribution in [3.63, 3.8) is 0 Å². The summed E-state index contributed by atoms with van der Waals surface area (Å²) in [6, 6.07) is 21.6. The number of benzene rings is 2. The second kappa shape index (κ2) is 8.09. The largest absolute Gasteiger partial charge is 0.289 e. The zero-order valence-electron chi connectivity index (χ0n) is 15.2. The van der Waals surface area contributed by atoms with E-state index in [1.165, 1.54) is 0 Å². The summed E-state index contributed by atoms with van der Waals surface area (Å²) >= 11 is 5.13. The summed E-state index contributed by atoms with van der Waals surface area (Å²) in [5.74, 6) is -0.0224. The first-order valence-electron chi connectivity index (χ1n) is 8.80. The van der Waals surface area contributed by atoms with E-state index >= 15 is 0 Å². The number of rotatable bonds is 5. The van der Waals surface area contributed by atoms with E-state index in [1.807, 2.05) is 90.6 Å². The van der Waals surface area contributed by atoms with Crippen LogP contribution in [0.5, 0.6) is 0 Å². The molecular formula is C23H17BrN2OS. The number of ketones is 1. The van der Waals surface area contributed by atoms with Crippen LogP contribution >= 0.6 is 27.3 Å². The summed E-state index contributed by atoms with van der Waals surface area (Å²) in [4.78, 5) is 13.6. The van der Waals surface area contributed by atoms with E-state index in [4.69, 9.17) is 5.10 Å². The Balaban J connectivity index is 1.71. The van der Waals surface area contributed by atoms with Crippen molar-refractivity contribution >= 4 is 39.1 Å². The van der Waals surface area contributed by atoms with Gasteiger partial charge in [0.1, 0.15) is 5.69 Å². The zero-order valence-corrected chi connectivity index (χ0v) is 17.6. The standard InChI is InChI=1S/C23H17BrN2OS/c1-16-7-9-17(10-8-16)20(27)12-11-18-15-26(19-5-3-2-4-6-19)25-23(18)21-13-14-22(24)28-21/h2-15H,1H3/b12-11+. The Kier molecular flexibility index (Phi) is 5.37. The van der Waals surface area contributed by atoms with Crippen LogP contribution in [0.1, 0.15) is 21.5 Å². The maximum atomic E-state index is 12.5. The molecule has 4 aromatic rings. The molecule has 2 aromatic heterocycles. The summed E-state index contributed by atoms with van der Waals surface area (Å²) < 4.78 is 2.89. The van der Waals surface area contributed by atoms with Crippen LogP contribution in [-0.4, -0.2) is 15.6 Å². The average molecular weight is 449 g/mol. The number of carbonyl (C=O) groups excluding carboxylic acids is 1. The van der Waals surface area contributed by atoms with Gasteiger partial charge in [-0.15, -0.1) is 11.3 Å². The third-order valence-electron chi connectivity index (χ3n) is 4.32. The molecule has 0 spiro atoms. The smallest absolute Gasteiger partial charge is 0.185 e. The summed E-state index contributed by atoms with van der Waals surface area (Å²) in [6.07, 6.45) is 5.41. The first-order valence-corrected chi connectivity index (χ1v) is 10.4. The van der Waals surface area contributed by atoms with E-state index in [0.717, 1.165) is 31.2 Å². The molecule has 2 heterocycles. The monoisotopic (exact) mass is 448 g/mol. The van der Waals surface area contributed by atoms with E-state index in [-0.39, 0.29) is 5.78 Å². The Morgan fingerprint density at radius 1 is 1.04 bits per heavy atom. The number of hydrogen-bond acceptors (Lipinski definition) is 3. The topological polar surface area (TPSA) is 34.9 Å². The molecule has 0 saturated carbocycles. The number of allylic oxidation sites excluding steroid dienone is 1. The fourth-order valence-electron chi connectivity index (χ4n) is 2.83. The number of aromatic nitrogens is 2. The molecule has 0 aliphatic carbocycles. The SMILES string of the molecule is Cc1ccc(C(=O)/C=C/c2cn(-c3ccccc3)nc2-c2ccc(Br)s2)cc1. The minimum absolute atomic E-state index is 0.0224. The van der Waals surface area contributed by atoms with Crippen molar-refractivity contribution in [2.24, 2.45) is 0 Å². The van der Waals surface area contributed by atoms with Crippen molar-refractivity contribution in [1.29, 1.82) is 0 Å². The van der Waals surface area contributed by atoms with Gasteiger partial charge in [-0.25, -0.2) is 4.68 Å². The van der Waals surface area contributed by atoms with Crippen LogP contribution in [0.25, 0.3) is 22.3 Å². The molecular weight excluding hydrogens is 432 g/mol. The number of carbonyl (C=O) groups is 1. The minimum Gasteiger partial charge on any atom is -0.289 e. The number of hydrogen-bond donors (Lipinski definition) is 0. The number of aryl methyl sites for hydroxylation is 1. The average Bonchev–Trinajstić information content (AvgIpc) is 3.33. The Morgan fingerprint density at radius 2 is 1.79 bits per heavy atom. The Hall–Kier alpha value is -2.76. The number of halogens is 1. The number of thiophene rings is 1. The molecule has 138 valence electrons. The third kappa shape index (κ3) is 4.06. The second-order valence-corrected chi connectivity index (χ2v) is 8.84. The molecule has 4 rings (SSSR count). The van der Waals surface area contributed by atoms with Gasteiger partial charge in [0.15, 0.2) is 5.78 Å². The molecule has 3 nitrogen and oxygen atoms in total. The van der Waals surface area contributed by atoms with Crippen LogP contribution in [0.3, 0.4) is 0 Å². The first-order chi connectivity index (χ1) is 13.6. The lowest BCUT2D eigenvalue weighted by Gasteiger charge is -1.99. The Bertz CT molecular complexity index is 1140. The van der Waals surface area contributed by atoms with E-state index in [0.29, 0.717) is 5.56 Å². The molecule has 2 aromatic carbocycles. The first kappa shape index (κ1) is 18.6. The van der Waals surface area contributed by atoms with Gasteiger partial charge < -0.3 is 0 Å². The van der Waals surface area contributed by atoms with Crippen molar-refractivity contribution in [2.75, 3.05) is 0 Å². The molecule has 0 bridgehead atoms. The summed E-state index contributed by atoms with van der Waals surface area (Å²) in [5, 5.41) is 4.77. The second-order valence-electron chi connectivity index (χ2n) is 6.38. The molecule has 0 fully saturated rings. The number of para-hydroxylation sites is 1. The molecule has 0 saturated heterocycles. The molecule has 0 radical (unpaired) electrons.